The van der Waals surface area contributed by atoms with Crippen molar-refractivity contribution in [3.8, 4) is 0 Å². The van der Waals surface area contributed by atoms with E-state index in [9.17, 15) is 0 Å². The summed E-state index contributed by atoms with van der Waals surface area (Å²) in [5, 5.41) is 15.3. The highest BCUT2D eigenvalue weighted by Crippen LogP contribution is 2.17. The van der Waals surface area contributed by atoms with Crippen LogP contribution in [0, 0.1) is 0 Å². The Morgan fingerprint density at radius 2 is 1.90 bits per heavy atom. The standard InChI is InChI=1S/C14H26N4OS/c1-4-15-12-10-13(18-14(17-12)11(2)3)16-6-9-20-8-5-7-19/h10-11,19H,4-9H2,1-3H3,(H2,15,16,17,18). The lowest BCUT2D eigenvalue weighted by molar-refractivity contribution is 0.296. The molecule has 0 aromatic carbocycles. The monoisotopic (exact) mass is 298 g/mol. The summed E-state index contributed by atoms with van der Waals surface area (Å²) < 4.78 is 0. The van der Waals surface area contributed by atoms with Gasteiger partial charge in [0.05, 0.1) is 0 Å². The molecule has 1 aromatic heterocycles. The van der Waals surface area contributed by atoms with Crippen LogP contribution >= 0.6 is 11.8 Å². The molecule has 6 heteroatoms. The Kier molecular flexibility index (Phi) is 8.37. The van der Waals surface area contributed by atoms with E-state index >= 15 is 0 Å². The molecule has 1 aromatic rings. The number of nitrogens with one attached hydrogen (secondary N) is 2. The molecular weight excluding hydrogens is 272 g/mol. The fourth-order valence-corrected chi connectivity index (χ4v) is 2.39. The van der Waals surface area contributed by atoms with E-state index in [4.69, 9.17) is 5.11 Å². The van der Waals surface area contributed by atoms with Crippen LogP contribution in [0.25, 0.3) is 0 Å². The van der Waals surface area contributed by atoms with Crippen LogP contribution in [0.4, 0.5) is 11.6 Å². The maximum absolute atomic E-state index is 8.71. The van der Waals surface area contributed by atoms with E-state index in [0.29, 0.717) is 5.92 Å². The third-order valence-corrected chi connectivity index (χ3v) is 3.69. The van der Waals surface area contributed by atoms with Gasteiger partial charge in [0.15, 0.2) is 0 Å². The number of anilines is 2. The van der Waals surface area contributed by atoms with Crippen LogP contribution in [0.3, 0.4) is 0 Å². The molecule has 0 saturated carbocycles. The number of aromatic nitrogens is 2. The highest BCUT2D eigenvalue weighted by molar-refractivity contribution is 7.99. The van der Waals surface area contributed by atoms with Crippen molar-refractivity contribution in [1.82, 2.24) is 9.97 Å². The first kappa shape index (κ1) is 17.0. The lowest BCUT2D eigenvalue weighted by Gasteiger charge is -2.12. The van der Waals surface area contributed by atoms with Crippen molar-refractivity contribution in [3.05, 3.63) is 11.9 Å². The molecule has 0 aliphatic heterocycles. The van der Waals surface area contributed by atoms with Gasteiger partial charge in [0.25, 0.3) is 0 Å². The van der Waals surface area contributed by atoms with Gasteiger partial charge in [0.1, 0.15) is 17.5 Å². The molecule has 0 aliphatic carbocycles. The number of aliphatic hydroxyl groups excluding tert-OH is 1. The third kappa shape index (κ3) is 6.43. The maximum atomic E-state index is 8.71. The summed E-state index contributed by atoms with van der Waals surface area (Å²) in [6, 6.07) is 1.95. The summed E-state index contributed by atoms with van der Waals surface area (Å²) >= 11 is 1.84. The Hall–Kier alpha value is -1.01. The first-order valence-electron chi connectivity index (χ1n) is 7.22. The van der Waals surface area contributed by atoms with Crippen LogP contribution in [-0.2, 0) is 0 Å². The summed E-state index contributed by atoms with van der Waals surface area (Å²) in [5.74, 6) is 4.94. The smallest absolute Gasteiger partial charge is 0.135 e. The van der Waals surface area contributed by atoms with Gasteiger partial charge in [-0.25, -0.2) is 9.97 Å². The van der Waals surface area contributed by atoms with E-state index in [1.165, 1.54) is 0 Å². The molecule has 0 saturated heterocycles. The zero-order valence-corrected chi connectivity index (χ0v) is 13.5. The van der Waals surface area contributed by atoms with Crippen molar-refractivity contribution in [1.29, 1.82) is 0 Å². The van der Waals surface area contributed by atoms with E-state index in [-0.39, 0.29) is 6.61 Å². The number of nitrogens with zero attached hydrogens (tertiary/aromatic N) is 2. The number of rotatable bonds is 10. The van der Waals surface area contributed by atoms with Crippen LogP contribution in [-0.4, -0.2) is 46.3 Å². The first-order valence-corrected chi connectivity index (χ1v) is 8.38. The molecule has 114 valence electrons. The van der Waals surface area contributed by atoms with E-state index in [2.05, 4.69) is 41.4 Å². The van der Waals surface area contributed by atoms with Crippen LogP contribution in [0.5, 0.6) is 0 Å². The summed E-state index contributed by atoms with van der Waals surface area (Å²) in [6.07, 6.45) is 0.861. The molecule has 1 heterocycles. The highest BCUT2D eigenvalue weighted by Gasteiger charge is 2.07. The van der Waals surface area contributed by atoms with Gasteiger partial charge in [-0.2, -0.15) is 11.8 Å². The Morgan fingerprint density at radius 1 is 1.20 bits per heavy atom. The zero-order chi connectivity index (χ0) is 14.8. The Morgan fingerprint density at radius 3 is 2.50 bits per heavy atom. The molecule has 20 heavy (non-hydrogen) atoms. The third-order valence-electron chi connectivity index (χ3n) is 2.62. The number of hydrogen-bond donors (Lipinski definition) is 3. The fourth-order valence-electron chi connectivity index (χ4n) is 1.61. The highest BCUT2D eigenvalue weighted by atomic mass is 32.2. The zero-order valence-electron chi connectivity index (χ0n) is 12.6. The fraction of sp³-hybridized carbons (Fsp3) is 0.714. The number of hydrogen-bond acceptors (Lipinski definition) is 6. The SMILES string of the molecule is CCNc1cc(NCCSCCCO)nc(C(C)C)n1. The van der Waals surface area contributed by atoms with Gasteiger partial charge >= 0.3 is 0 Å². The predicted molar refractivity (Wildman–Crippen MR) is 87.8 cm³/mol. The second kappa shape index (κ2) is 9.83. The lowest BCUT2D eigenvalue weighted by Crippen LogP contribution is -2.11. The molecule has 0 radical (unpaired) electrons. The Bertz CT molecular complexity index is 387. The van der Waals surface area contributed by atoms with Gasteiger partial charge in [0.2, 0.25) is 0 Å². The predicted octanol–water partition coefficient (Wildman–Crippen LogP) is 2.56. The Labute approximate surface area is 126 Å². The molecule has 0 aliphatic rings. The van der Waals surface area contributed by atoms with Gasteiger partial charge in [-0.15, -0.1) is 0 Å². The summed E-state index contributed by atoms with van der Waals surface area (Å²) in [4.78, 5) is 9.03. The van der Waals surface area contributed by atoms with Crippen LogP contribution in [0.1, 0.15) is 38.9 Å². The van der Waals surface area contributed by atoms with Crippen molar-refractivity contribution in [3.63, 3.8) is 0 Å². The largest absolute Gasteiger partial charge is 0.396 e. The minimum absolute atomic E-state index is 0.274. The molecule has 0 fully saturated rings. The topological polar surface area (TPSA) is 70.1 Å². The van der Waals surface area contributed by atoms with Crippen LogP contribution in [0.15, 0.2) is 6.07 Å². The summed E-state index contributed by atoms with van der Waals surface area (Å²) in [6.45, 7) is 8.25. The molecule has 3 N–H and O–H groups in total. The first-order chi connectivity index (χ1) is 9.67. The lowest BCUT2D eigenvalue weighted by atomic mass is 10.2. The van der Waals surface area contributed by atoms with Gasteiger partial charge < -0.3 is 15.7 Å². The minimum atomic E-state index is 0.274. The van der Waals surface area contributed by atoms with E-state index in [1.54, 1.807) is 0 Å². The average Bonchev–Trinajstić information content (AvgIpc) is 2.43. The molecule has 0 bridgehead atoms. The van der Waals surface area contributed by atoms with E-state index in [0.717, 1.165) is 48.5 Å². The molecule has 5 nitrogen and oxygen atoms in total. The van der Waals surface area contributed by atoms with Crippen molar-refractivity contribution < 1.29 is 5.11 Å². The Balaban J connectivity index is 2.50. The molecular formula is C14H26N4OS. The van der Waals surface area contributed by atoms with Gasteiger partial charge in [-0.05, 0) is 19.1 Å². The molecule has 1 rings (SSSR count). The second-order valence-electron chi connectivity index (χ2n) is 4.80. The van der Waals surface area contributed by atoms with Crippen molar-refractivity contribution in [2.75, 3.05) is 41.8 Å². The molecule has 0 unspecified atom stereocenters. The average molecular weight is 298 g/mol. The number of thioether (sulfide) groups is 1. The summed E-state index contributed by atoms with van der Waals surface area (Å²) in [7, 11) is 0. The molecule has 0 amide bonds. The van der Waals surface area contributed by atoms with Gasteiger partial charge in [0, 0.05) is 37.4 Å². The van der Waals surface area contributed by atoms with Crippen molar-refractivity contribution >= 4 is 23.4 Å². The maximum Gasteiger partial charge on any atom is 0.135 e. The van der Waals surface area contributed by atoms with Crippen molar-refractivity contribution in [2.45, 2.75) is 33.1 Å². The quantitative estimate of drug-likeness (QED) is 0.577. The van der Waals surface area contributed by atoms with Crippen molar-refractivity contribution in [2.24, 2.45) is 0 Å². The minimum Gasteiger partial charge on any atom is -0.396 e. The normalized spacial score (nSPS) is 10.8. The van der Waals surface area contributed by atoms with E-state index < -0.39 is 0 Å². The number of aliphatic hydroxyl groups is 1. The van der Waals surface area contributed by atoms with Crippen LogP contribution < -0.4 is 10.6 Å². The van der Waals surface area contributed by atoms with Crippen LogP contribution in [0.2, 0.25) is 0 Å². The summed E-state index contributed by atoms with van der Waals surface area (Å²) in [5.41, 5.74) is 0. The second-order valence-corrected chi connectivity index (χ2v) is 6.02. The van der Waals surface area contributed by atoms with E-state index in [1.807, 2.05) is 17.8 Å². The van der Waals surface area contributed by atoms with Gasteiger partial charge in [-0.1, -0.05) is 13.8 Å². The molecule has 0 spiro atoms. The van der Waals surface area contributed by atoms with Gasteiger partial charge in [-0.3, -0.25) is 0 Å². The molecule has 0 atom stereocenters.